The van der Waals surface area contributed by atoms with E-state index in [1.54, 1.807) is 0 Å². The molecule has 3 aromatic carbocycles. The van der Waals surface area contributed by atoms with Crippen molar-refractivity contribution in [2.24, 2.45) is 0 Å². The minimum atomic E-state index is -1.74. The van der Waals surface area contributed by atoms with Gasteiger partial charge in [-0.25, -0.2) is 0 Å². The van der Waals surface area contributed by atoms with Gasteiger partial charge in [0.2, 0.25) is 5.75 Å². The molecule has 4 aromatic rings. The number of methoxy groups -OCH3 is 3. The lowest BCUT2D eigenvalue weighted by atomic mass is 9.99. The minimum Gasteiger partial charge on any atom is -0.508 e. The molecule has 8 N–H and O–H groups in total. The van der Waals surface area contributed by atoms with Gasteiger partial charge in [-0.3, -0.25) is 4.79 Å². The van der Waals surface area contributed by atoms with Gasteiger partial charge in [0.05, 0.1) is 34.5 Å². The quantitative estimate of drug-likeness (QED) is 0.103. The molecule has 264 valence electrons. The maximum Gasteiger partial charge on any atom is 0.204 e. The van der Waals surface area contributed by atoms with E-state index in [2.05, 4.69) is 0 Å². The number of ether oxygens (including phenoxy) is 6. The van der Waals surface area contributed by atoms with Gasteiger partial charge < -0.3 is 73.7 Å². The van der Waals surface area contributed by atoms with Gasteiger partial charge in [-0.15, -0.1) is 0 Å². The van der Waals surface area contributed by atoms with E-state index in [4.69, 9.17) is 32.8 Å². The highest BCUT2D eigenvalue weighted by Crippen LogP contribution is 2.44. The molecule has 0 saturated carbocycles. The molecule has 2 heterocycles. The largest absolute Gasteiger partial charge is 0.508 e. The number of rotatable bonds is 12. The molecule has 7 unspecified atom stereocenters. The number of aliphatic hydroxyl groups is 5. The number of aliphatic hydroxyl groups excluding tert-OH is 5. The minimum absolute atomic E-state index is 0.0179. The van der Waals surface area contributed by atoms with Crippen LogP contribution in [0.4, 0.5) is 0 Å². The molecule has 7 atom stereocenters. The maximum atomic E-state index is 12.9. The van der Waals surface area contributed by atoms with Crippen molar-refractivity contribution in [1.29, 1.82) is 0 Å². The van der Waals surface area contributed by atoms with Gasteiger partial charge in [0.25, 0.3) is 0 Å². The Labute approximate surface area is 278 Å². The molecule has 0 bridgehead atoms. The Balaban J connectivity index is 1.53. The smallest absolute Gasteiger partial charge is 0.204 e. The number of benzene rings is 3. The van der Waals surface area contributed by atoms with Crippen molar-refractivity contribution in [2.75, 3.05) is 34.5 Å². The average molecular weight is 689 g/mol. The van der Waals surface area contributed by atoms with Crippen molar-refractivity contribution in [2.45, 2.75) is 42.9 Å². The second kappa shape index (κ2) is 14.8. The van der Waals surface area contributed by atoms with Crippen LogP contribution in [0.15, 0.2) is 57.7 Å². The zero-order valence-corrected chi connectivity index (χ0v) is 26.4. The molecule has 0 radical (unpaired) electrons. The Hall–Kier alpha value is -4.81. The van der Waals surface area contributed by atoms with Crippen LogP contribution in [-0.2, 0) is 9.47 Å². The molecule has 0 spiro atoms. The summed E-state index contributed by atoms with van der Waals surface area (Å²) in [5.74, 6) is -0.916. The highest BCUT2D eigenvalue weighted by Gasteiger charge is 2.44. The van der Waals surface area contributed by atoms with Crippen LogP contribution in [0.2, 0.25) is 0 Å². The summed E-state index contributed by atoms with van der Waals surface area (Å²) in [6.45, 7) is -1.23. The summed E-state index contributed by atoms with van der Waals surface area (Å²) in [6.07, 6.45) is -10.8. The topological polar surface area (TPSA) is 247 Å². The molecule has 1 fully saturated rings. The first kappa shape index (κ1) is 35.5. The van der Waals surface area contributed by atoms with Gasteiger partial charge in [-0.05, 0) is 29.8 Å². The van der Waals surface area contributed by atoms with Gasteiger partial charge >= 0.3 is 0 Å². The lowest BCUT2D eigenvalue weighted by molar-refractivity contribution is -0.305. The van der Waals surface area contributed by atoms with Crippen molar-refractivity contribution in [3.05, 3.63) is 64.3 Å². The lowest BCUT2D eigenvalue weighted by Gasteiger charge is -2.40. The molecule has 16 nitrogen and oxygen atoms in total. The van der Waals surface area contributed by atoms with Crippen LogP contribution in [0, 0.1) is 0 Å². The third kappa shape index (κ3) is 7.16. The first-order valence-corrected chi connectivity index (χ1v) is 14.8. The lowest BCUT2D eigenvalue weighted by Crippen LogP contribution is -2.59. The molecule has 0 amide bonds. The summed E-state index contributed by atoms with van der Waals surface area (Å²) in [7, 11) is 3.96. The Morgan fingerprint density at radius 3 is 2.12 bits per heavy atom. The van der Waals surface area contributed by atoms with Crippen LogP contribution in [-0.4, -0.2) is 112 Å². The van der Waals surface area contributed by atoms with Gasteiger partial charge in [0, 0.05) is 23.8 Å². The third-order valence-corrected chi connectivity index (χ3v) is 7.98. The summed E-state index contributed by atoms with van der Waals surface area (Å²) < 4.78 is 39.5. The Kier molecular flexibility index (Phi) is 10.7. The van der Waals surface area contributed by atoms with Gasteiger partial charge in [-0.2, -0.15) is 0 Å². The molecular weight excluding hydrogens is 652 g/mol. The summed E-state index contributed by atoms with van der Waals surface area (Å²) in [5, 5.41) is 82.0. The molecule has 1 aliphatic heterocycles. The number of aromatic hydroxyl groups is 3. The maximum absolute atomic E-state index is 12.9. The Bertz CT molecular complexity index is 1810. The molecule has 1 aliphatic rings. The number of hydrogen-bond donors (Lipinski definition) is 8. The van der Waals surface area contributed by atoms with Crippen molar-refractivity contribution < 1.29 is 73.7 Å². The number of hydrogen-bond acceptors (Lipinski definition) is 16. The van der Waals surface area contributed by atoms with Gasteiger partial charge in [-0.1, -0.05) is 6.07 Å². The fraction of sp³-hybridized carbons (Fsp3) is 0.364. The van der Waals surface area contributed by atoms with Crippen molar-refractivity contribution >= 4 is 11.0 Å². The molecule has 5 rings (SSSR count). The predicted molar refractivity (Wildman–Crippen MR) is 168 cm³/mol. The molecular formula is C33H36O16. The van der Waals surface area contributed by atoms with Crippen LogP contribution in [0.5, 0.6) is 40.2 Å². The van der Waals surface area contributed by atoms with Gasteiger partial charge in [0.1, 0.15) is 58.7 Å². The standard InChI is InChI=1S/C33H36O16/c1-43-21-6-14(4-5-17(21)36)28(39)26(13-46-33-31(42)30(41)29(40)25(12-34)49-33)48-32-23(44-2)7-15(8-24(32)45-3)20-11-19(38)27-18(37)9-16(35)10-22(27)47-20/h4-11,25-26,28-31,33-37,39-42H,12-13H2,1-3H3. The first-order valence-electron chi connectivity index (χ1n) is 14.8. The van der Waals surface area contributed by atoms with E-state index in [-0.39, 0.29) is 62.4 Å². The Morgan fingerprint density at radius 2 is 1.49 bits per heavy atom. The molecule has 1 aromatic heterocycles. The summed E-state index contributed by atoms with van der Waals surface area (Å²) >= 11 is 0. The third-order valence-electron chi connectivity index (χ3n) is 7.98. The van der Waals surface area contributed by atoms with E-state index < -0.39 is 67.3 Å². The zero-order valence-electron chi connectivity index (χ0n) is 26.4. The van der Waals surface area contributed by atoms with E-state index in [0.29, 0.717) is 0 Å². The van der Waals surface area contributed by atoms with Gasteiger partial charge in [0.15, 0.2) is 40.8 Å². The van der Waals surface area contributed by atoms with Crippen LogP contribution >= 0.6 is 0 Å². The second-order valence-electron chi connectivity index (χ2n) is 11.1. The SMILES string of the molecule is COc1cc(C(O)C(COC2OC(CO)C(O)C(O)C2O)Oc2c(OC)cc(-c3cc(=O)c4c(O)cc(O)cc4o3)cc2OC)ccc1O. The van der Waals surface area contributed by atoms with E-state index >= 15 is 0 Å². The van der Waals surface area contributed by atoms with E-state index in [9.17, 15) is 45.6 Å². The predicted octanol–water partition coefficient (Wildman–Crippen LogP) is 0.900. The van der Waals surface area contributed by atoms with Crippen LogP contribution < -0.4 is 24.4 Å². The monoisotopic (exact) mass is 688 g/mol. The van der Waals surface area contributed by atoms with Crippen LogP contribution in [0.1, 0.15) is 11.7 Å². The Morgan fingerprint density at radius 1 is 0.816 bits per heavy atom. The fourth-order valence-corrected chi connectivity index (χ4v) is 5.36. The molecule has 0 aliphatic carbocycles. The molecule has 16 heteroatoms. The highest BCUT2D eigenvalue weighted by molar-refractivity contribution is 5.86. The summed E-state index contributed by atoms with van der Waals surface area (Å²) in [5.41, 5.74) is -0.210. The second-order valence-corrected chi connectivity index (χ2v) is 11.1. The highest BCUT2D eigenvalue weighted by atomic mass is 16.7. The van der Waals surface area contributed by atoms with E-state index in [1.807, 2.05) is 0 Å². The fourth-order valence-electron chi connectivity index (χ4n) is 5.36. The van der Waals surface area contributed by atoms with E-state index in [0.717, 1.165) is 12.1 Å². The van der Waals surface area contributed by atoms with E-state index in [1.165, 1.54) is 57.7 Å². The normalized spacial score (nSPS) is 22.0. The number of fused-ring (bicyclic) bond motifs is 1. The van der Waals surface area contributed by atoms with Crippen LogP contribution in [0.3, 0.4) is 0 Å². The summed E-state index contributed by atoms with van der Waals surface area (Å²) in [4.78, 5) is 12.9. The molecule has 1 saturated heterocycles. The number of phenols is 3. The van der Waals surface area contributed by atoms with Crippen molar-refractivity contribution in [1.82, 2.24) is 0 Å². The zero-order chi connectivity index (χ0) is 35.6. The molecule has 49 heavy (non-hydrogen) atoms. The van der Waals surface area contributed by atoms with Crippen LogP contribution in [0.25, 0.3) is 22.3 Å². The first-order chi connectivity index (χ1) is 23.4. The van der Waals surface area contributed by atoms with Crippen molar-refractivity contribution in [3.8, 4) is 51.6 Å². The number of phenolic OH excluding ortho intramolecular Hbond substituents is 3. The average Bonchev–Trinajstić information content (AvgIpc) is 3.08. The summed E-state index contributed by atoms with van der Waals surface area (Å²) in [6, 6.07) is 10.3. The van der Waals surface area contributed by atoms with Crippen molar-refractivity contribution in [3.63, 3.8) is 0 Å².